The highest BCUT2D eigenvalue weighted by Gasteiger charge is 2.31. The maximum absolute atomic E-state index is 12.6. The van der Waals surface area contributed by atoms with Gasteiger partial charge in [0, 0.05) is 13.1 Å². The van der Waals surface area contributed by atoms with Gasteiger partial charge >= 0.3 is 0 Å². The van der Waals surface area contributed by atoms with Crippen molar-refractivity contribution in [1.82, 2.24) is 4.31 Å². The van der Waals surface area contributed by atoms with Crippen LogP contribution < -0.4 is 5.32 Å². The van der Waals surface area contributed by atoms with Crippen molar-refractivity contribution in [3.63, 3.8) is 0 Å². The molecular weight excluding hydrogens is 336 g/mol. The zero-order valence-corrected chi connectivity index (χ0v) is 13.9. The van der Waals surface area contributed by atoms with Crippen LogP contribution in [0, 0.1) is 0 Å². The van der Waals surface area contributed by atoms with E-state index in [0.29, 0.717) is 13.1 Å². The first-order chi connectivity index (χ1) is 11.0. The third-order valence-corrected chi connectivity index (χ3v) is 6.65. The van der Waals surface area contributed by atoms with E-state index in [1.54, 1.807) is 23.6 Å². The van der Waals surface area contributed by atoms with Gasteiger partial charge in [-0.2, -0.15) is 4.31 Å². The summed E-state index contributed by atoms with van der Waals surface area (Å²) in [6.07, 6.45) is 1.67. The summed E-state index contributed by atoms with van der Waals surface area (Å²) in [5.41, 5.74) is 0.246. The third kappa shape index (κ3) is 3.10. The molecule has 122 valence electrons. The summed E-state index contributed by atoms with van der Waals surface area (Å²) in [5.74, 6) is -0.611. The lowest BCUT2D eigenvalue weighted by Gasteiger charge is -2.15. The second-order valence-corrected chi connectivity index (χ2v) is 8.02. The minimum absolute atomic E-state index is 0.0253. The van der Waals surface area contributed by atoms with Crippen LogP contribution in [0.4, 0.5) is 5.69 Å². The first-order valence-corrected chi connectivity index (χ1v) is 9.49. The summed E-state index contributed by atoms with van der Waals surface area (Å²) >= 11 is 1.07. The molecule has 0 radical (unpaired) electrons. The number of phenolic OH excluding ortho intramolecular Hbond substituents is 1. The van der Waals surface area contributed by atoms with E-state index >= 15 is 0 Å². The zero-order valence-electron chi connectivity index (χ0n) is 12.2. The molecule has 8 heteroatoms. The summed E-state index contributed by atoms with van der Waals surface area (Å²) < 4.78 is 26.7. The number of para-hydroxylation sites is 2. The molecule has 3 rings (SSSR count). The monoisotopic (exact) mass is 352 g/mol. The van der Waals surface area contributed by atoms with Gasteiger partial charge in [-0.1, -0.05) is 12.1 Å². The van der Waals surface area contributed by atoms with Crippen LogP contribution in [0.2, 0.25) is 0 Å². The van der Waals surface area contributed by atoms with E-state index in [-0.39, 0.29) is 21.2 Å². The van der Waals surface area contributed by atoms with Crippen molar-refractivity contribution in [2.24, 2.45) is 0 Å². The van der Waals surface area contributed by atoms with E-state index in [2.05, 4.69) is 5.32 Å². The standard InChI is InChI=1S/C15H16N2O4S2/c18-12-6-2-1-5-11(12)16-15(19)14-13(7-10-22-14)23(20,21)17-8-3-4-9-17/h1-2,5-7,10,18H,3-4,8-9H2,(H,16,19). The molecule has 1 aliphatic heterocycles. The molecule has 0 unspecified atom stereocenters. The van der Waals surface area contributed by atoms with Crippen LogP contribution in [-0.4, -0.2) is 36.8 Å². The predicted octanol–water partition coefficient (Wildman–Crippen LogP) is 2.49. The fourth-order valence-corrected chi connectivity index (χ4v) is 5.31. The van der Waals surface area contributed by atoms with Crippen molar-refractivity contribution in [2.75, 3.05) is 18.4 Å². The van der Waals surface area contributed by atoms with Crippen molar-refractivity contribution in [3.8, 4) is 5.75 Å². The number of sulfonamides is 1. The Kier molecular flexibility index (Phi) is 4.38. The number of amides is 1. The second kappa shape index (κ2) is 6.31. The average molecular weight is 352 g/mol. The van der Waals surface area contributed by atoms with Crippen molar-refractivity contribution in [1.29, 1.82) is 0 Å². The minimum atomic E-state index is -3.65. The molecule has 2 aromatic rings. The molecule has 0 saturated carbocycles. The van der Waals surface area contributed by atoms with Crippen LogP contribution in [0.3, 0.4) is 0 Å². The molecular formula is C15H16N2O4S2. The lowest BCUT2D eigenvalue weighted by atomic mass is 10.3. The molecule has 2 heterocycles. The summed E-state index contributed by atoms with van der Waals surface area (Å²) in [6, 6.07) is 7.77. The number of hydrogen-bond acceptors (Lipinski definition) is 5. The molecule has 2 N–H and O–H groups in total. The Morgan fingerprint density at radius 3 is 2.57 bits per heavy atom. The fraction of sp³-hybridized carbons (Fsp3) is 0.267. The van der Waals surface area contributed by atoms with Gasteiger partial charge < -0.3 is 10.4 Å². The highest BCUT2D eigenvalue weighted by Crippen LogP contribution is 2.29. The Bertz CT molecular complexity index is 824. The van der Waals surface area contributed by atoms with Gasteiger partial charge in [0.15, 0.2) is 0 Å². The van der Waals surface area contributed by atoms with Gasteiger partial charge in [-0.05, 0) is 36.4 Å². The largest absolute Gasteiger partial charge is 0.506 e. The summed E-state index contributed by atoms with van der Waals surface area (Å²) in [6.45, 7) is 0.970. The van der Waals surface area contributed by atoms with Gasteiger partial charge in [0.25, 0.3) is 5.91 Å². The molecule has 0 aliphatic carbocycles. The number of benzene rings is 1. The maximum Gasteiger partial charge on any atom is 0.267 e. The molecule has 0 spiro atoms. The van der Waals surface area contributed by atoms with Crippen LogP contribution in [0.5, 0.6) is 5.75 Å². The Morgan fingerprint density at radius 2 is 1.87 bits per heavy atom. The number of nitrogens with one attached hydrogen (secondary N) is 1. The van der Waals surface area contributed by atoms with E-state index in [9.17, 15) is 18.3 Å². The molecule has 0 atom stereocenters. The molecule has 1 aliphatic rings. The fourth-order valence-electron chi connectivity index (χ4n) is 2.49. The molecule has 23 heavy (non-hydrogen) atoms. The van der Waals surface area contributed by atoms with E-state index in [0.717, 1.165) is 24.2 Å². The van der Waals surface area contributed by atoms with Crippen molar-refractivity contribution >= 4 is 33.0 Å². The number of rotatable bonds is 4. The van der Waals surface area contributed by atoms with Gasteiger partial charge in [0.1, 0.15) is 15.5 Å². The van der Waals surface area contributed by atoms with E-state index in [1.165, 1.54) is 16.4 Å². The molecule has 1 fully saturated rings. The van der Waals surface area contributed by atoms with Crippen LogP contribution in [0.15, 0.2) is 40.6 Å². The number of nitrogens with zero attached hydrogens (tertiary/aromatic N) is 1. The normalized spacial score (nSPS) is 15.7. The number of aromatic hydroxyl groups is 1. The first kappa shape index (κ1) is 16.0. The SMILES string of the molecule is O=C(Nc1ccccc1O)c1sccc1S(=O)(=O)N1CCCC1. The van der Waals surface area contributed by atoms with Crippen molar-refractivity contribution in [3.05, 3.63) is 40.6 Å². The molecule has 1 saturated heterocycles. The smallest absolute Gasteiger partial charge is 0.267 e. The predicted molar refractivity (Wildman–Crippen MR) is 88.4 cm³/mol. The summed E-state index contributed by atoms with van der Waals surface area (Å²) in [5, 5.41) is 13.9. The minimum Gasteiger partial charge on any atom is -0.506 e. The molecule has 6 nitrogen and oxygen atoms in total. The number of phenols is 1. The number of carbonyl (C=O) groups excluding carboxylic acids is 1. The number of carbonyl (C=O) groups is 1. The second-order valence-electron chi connectivity index (χ2n) is 5.20. The highest BCUT2D eigenvalue weighted by molar-refractivity contribution is 7.89. The summed E-state index contributed by atoms with van der Waals surface area (Å²) in [7, 11) is -3.65. The van der Waals surface area contributed by atoms with Crippen LogP contribution in [-0.2, 0) is 10.0 Å². The molecule has 1 amide bonds. The molecule has 1 aromatic carbocycles. The summed E-state index contributed by atoms with van der Waals surface area (Å²) in [4.78, 5) is 12.6. The lowest BCUT2D eigenvalue weighted by Crippen LogP contribution is -2.29. The Balaban J connectivity index is 1.89. The number of anilines is 1. The van der Waals surface area contributed by atoms with E-state index in [4.69, 9.17) is 0 Å². The highest BCUT2D eigenvalue weighted by atomic mass is 32.2. The van der Waals surface area contributed by atoms with Gasteiger partial charge in [0.05, 0.1) is 5.69 Å². The Hall–Kier alpha value is -1.90. The topological polar surface area (TPSA) is 86.7 Å². The Labute approximate surface area is 138 Å². The lowest BCUT2D eigenvalue weighted by molar-refractivity contribution is 0.102. The van der Waals surface area contributed by atoms with Crippen LogP contribution in [0.25, 0.3) is 0 Å². The quantitative estimate of drug-likeness (QED) is 0.828. The first-order valence-electron chi connectivity index (χ1n) is 7.17. The van der Waals surface area contributed by atoms with E-state index < -0.39 is 15.9 Å². The van der Waals surface area contributed by atoms with E-state index in [1.807, 2.05) is 0 Å². The van der Waals surface area contributed by atoms with Gasteiger partial charge in [0.2, 0.25) is 10.0 Å². The number of hydrogen-bond donors (Lipinski definition) is 2. The van der Waals surface area contributed by atoms with Crippen LogP contribution >= 0.6 is 11.3 Å². The van der Waals surface area contributed by atoms with Crippen molar-refractivity contribution < 1.29 is 18.3 Å². The van der Waals surface area contributed by atoms with Crippen LogP contribution in [0.1, 0.15) is 22.5 Å². The number of thiophene rings is 1. The van der Waals surface area contributed by atoms with Crippen molar-refractivity contribution in [2.45, 2.75) is 17.7 Å². The average Bonchev–Trinajstić information content (AvgIpc) is 3.21. The zero-order chi connectivity index (χ0) is 16.4. The van der Waals surface area contributed by atoms with Gasteiger partial charge in [-0.3, -0.25) is 4.79 Å². The van der Waals surface area contributed by atoms with Gasteiger partial charge in [-0.25, -0.2) is 8.42 Å². The van der Waals surface area contributed by atoms with Gasteiger partial charge in [-0.15, -0.1) is 11.3 Å². The third-order valence-electron chi connectivity index (χ3n) is 3.67. The molecule has 0 bridgehead atoms. The molecule has 1 aromatic heterocycles. The Morgan fingerprint density at radius 1 is 1.17 bits per heavy atom. The maximum atomic E-state index is 12.6.